The SMILES string of the molecule is CC(C)CCC[C@@H](C)[C@H]1CC[C@H]2[C@@H]3CCC4CC(N=[N+]=[N-])CC[C@]4(C)[C@H]3CC[C@]12C. The van der Waals surface area contributed by atoms with Crippen LogP contribution in [0.4, 0.5) is 0 Å². The minimum absolute atomic E-state index is 0.265. The van der Waals surface area contributed by atoms with Gasteiger partial charge in [0.2, 0.25) is 0 Å². The van der Waals surface area contributed by atoms with E-state index in [0.717, 1.165) is 54.3 Å². The number of hydrogen-bond donors (Lipinski definition) is 0. The Morgan fingerprint density at radius 3 is 2.37 bits per heavy atom. The largest absolute Gasteiger partial charge is 0.0906 e. The van der Waals surface area contributed by atoms with E-state index in [0.29, 0.717) is 10.8 Å². The quantitative estimate of drug-likeness (QED) is 0.237. The number of rotatable bonds is 6. The summed E-state index contributed by atoms with van der Waals surface area (Å²) in [6, 6.07) is 0.265. The van der Waals surface area contributed by atoms with Crippen LogP contribution in [0.2, 0.25) is 0 Å². The molecule has 3 heteroatoms. The molecule has 4 saturated carbocycles. The summed E-state index contributed by atoms with van der Waals surface area (Å²) in [6.45, 7) is 12.7. The highest BCUT2D eigenvalue weighted by Gasteiger charge is 2.60. The van der Waals surface area contributed by atoms with Gasteiger partial charge in [0.25, 0.3) is 0 Å². The van der Waals surface area contributed by atoms with Gasteiger partial charge < -0.3 is 0 Å². The van der Waals surface area contributed by atoms with Crippen molar-refractivity contribution in [3.8, 4) is 0 Å². The molecule has 4 aliphatic carbocycles. The minimum atomic E-state index is 0.265. The standard InChI is InChI=1S/C27H47N3/c1-18(2)7-6-8-19(3)23-11-12-24-22-10-9-20-17-21(29-30-28)13-15-26(20,4)25(22)14-16-27(23,24)5/h18-25H,6-17H2,1-5H3/t19-,20?,21?,22+,23-,24+,25+,26+,27-/m1/s1. The molecule has 30 heavy (non-hydrogen) atoms. The van der Waals surface area contributed by atoms with Gasteiger partial charge in [0.1, 0.15) is 0 Å². The second-order valence-corrected chi connectivity index (χ2v) is 12.8. The molecule has 0 bridgehead atoms. The maximum atomic E-state index is 8.91. The fourth-order valence-electron chi connectivity index (χ4n) is 9.44. The van der Waals surface area contributed by atoms with Gasteiger partial charge in [-0.05, 0) is 116 Å². The van der Waals surface area contributed by atoms with Gasteiger partial charge in [-0.2, -0.15) is 0 Å². The fraction of sp³-hybridized carbons (Fsp3) is 1.00. The van der Waals surface area contributed by atoms with Crippen LogP contribution in [0.1, 0.15) is 112 Å². The Morgan fingerprint density at radius 1 is 0.900 bits per heavy atom. The third kappa shape index (κ3) is 3.82. The highest BCUT2D eigenvalue weighted by molar-refractivity contribution is 5.10. The highest BCUT2D eigenvalue weighted by Crippen LogP contribution is 2.68. The topological polar surface area (TPSA) is 48.8 Å². The summed E-state index contributed by atoms with van der Waals surface area (Å²) in [5.74, 6) is 6.37. The van der Waals surface area contributed by atoms with Crippen molar-refractivity contribution in [1.29, 1.82) is 0 Å². The molecule has 0 aliphatic heterocycles. The van der Waals surface area contributed by atoms with Gasteiger partial charge in [-0.3, -0.25) is 0 Å². The molecule has 0 amide bonds. The first-order valence-electron chi connectivity index (χ1n) is 13.3. The first-order valence-corrected chi connectivity index (χ1v) is 13.3. The van der Waals surface area contributed by atoms with Crippen LogP contribution in [0.5, 0.6) is 0 Å². The molecule has 4 fully saturated rings. The number of azide groups is 1. The summed E-state index contributed by atoms with van der Waals surface area (Å²) >= 11 is 0. The second kappa shape index (κ2) is 8.68. The first kappa shape index (κ1) is 22.5. The predicted molar refractivity (Wildman–Crippen MR) is 126 cm³/mol. The van der Waals surface area contributed by atoms with Crippen molar-refractivity contribution in [3.05, 3.63) is 10.4 Å². The predicted octanol–water partition coefficient (Wildman–Crippen LogP) is 8.79. The molecule has 0 saturated heterocycles. The lowest BCUT2D eigenvalue weighted by Crippen LogP contribution is -2.54. The van der Waals surface area contributed by atoms with Gasteiger partial charge in [-0.25, -0.2) is 0 Å². The van der Waals surface area contributed by atoms with Crippen LogP contribution >= 0.6 is 0 Å². The van der Waals surface area contributed by atoms with Gasteiger partial charge in [-0.1, -0.05) is 59.0 Å². The lowest BCUT2D eigenvalue weighted by atomic mass is 9.44. The van der Waals surface area contributed by atoms with Crippen LogP contribution < -0.4 is 0 Å². The van der Waals surface area contributed by atoms with Crippen LogP contribution in [0.25, 0.3) is 10.4 Å². The Bertz CT molecular complexity index is 652. The Labute approximate surface area is 185 Å². The summed E-state index contributed by atoms with van der Waals surface area (Å²) in [5, 5.41) is 4.12. The molecule has 170 valence electrons. The molecule has 9 atom stereocenters. The lowest BCUT2D eigenvalue weighted by molar-refractivity contribution is -0.116. The molecule has 4 rings (SSSR count). The number of hydrogen-bond acceptors (Lipinski definition) is 1. The van der Waals surface area contributed by atoms with Crippen LogP contribution in [-0.2, 0) is 0 Å². The molecule has 0 N–H and O–H groups in total. The zero-order valence-corrected chi connectivity index (χ0v) is 20.4. The van der Waals surface area contributed by atoms with E-state index in [1.807, 2.05) is 0 Å². The Kier molecular flexibility index (Phi) is 6.51. The summed E-state index contributed by atoms with van der Waals surface area (Å²) in [7, 11) is 0. The zero-order chi connectivity index (χ0) is 21.5. The van der Waals surface area contributed by atoms with Crippen molar-refractivity contribution in [3.63, 3.8) is 0 Å². The van der Waals surface area contributed by atoms with Gasteiger partial charge in [0, 0.05) is 11.0 Å². The Morgan fingerprint density at radius 2 is 1.63 bits per heavy atom. The third-order valence-corrected chi connectivity index (χ3v) is 11.1. The van der Waals surface area contributed by atoms with E-state index in [1.165, 1.54) is 64.2 Å². The second-order valence-electron chi connectivity index (χ2n) is 12.8. The van der Waals surface area contributed by atoms with Gasteiger partial charge >= 0.3 is 0 Å². The van der Waals surface area contributed by atoms with E-state index in [4.69, 9.17) is 5.53 Å². The smallest absolute Gasteiger partial charge is 0.0377 e. The van der Waals surface area contributed by atoms with Crippen molar-refractivity contribution >= 4 is 0 Å². The molecule has 4 aliphatic rings. The normalized spacial score (nSPS) is 46.5. The Balaban J connectivity index is 1.45. The third-order valence-electron chi connectivity index (χ3n) is 11.1. The van der Waals surface area contributed by atoms with E-state index in [1.54, 1.807) is 0 Å². The van der Waals surface area contributed by atoms with E-state index in [-0.39, 0.29) is 6.04 Å². The molecule has 0 heterocycles. The van der Waals surface area contributed by atoms with Crippen LogP contribution in [-0.4, -0.2) is 6.04 Å². The van der Waals surface area contributed by atoms with Crippen molar-refractivity contribution in [2.24, 2.45) is 57.4 Å². The van der Waals surface area contributed by atoms with Crippen LogP contribution in [0, 0.1) is 52.3 Å². The molecular weight excluding hydrogens is 366 g/mol. The van der Waals surface area contributed by atoms with Gasteiger partial charge in [0.15, 0.2) is 0 Å². The van der Waals surface area contributed by atoms with Gasteiger partial charge in [0.05, 0.1) is 0 Å². The van der Waals surface area contributed by atoms with Crippen molar-refractivity contribution < 1.29 is 0 Å². The van der Waals surface area contributed by atoms with E-state index in [9.17, 15) is 0 Å². The maximum absolute atomic E-state index is 8.91. The summed E-state index contributed by atoms with van der Waals surface area (Å²) < 4.78 is 0. The summed E-state index contributed by atoms with van der Waals surface area (Å²) in [6.07, 6.45) is 16.6. The average molecular weight is 414 g/mol. The van der Waals surface area contributed by atoms with Crippen molar-refractivity contribution in [1.82, 2.24) is 0 Å². The maximum Gasteiger partial charge on any atom is 0.0377 e. The van der Waals surface area contributed by atoms with Crippen molar-refractivity contribution in [2.45, 2.75) is 118 Å². The molecule has 0 aromatic carbocycles. The van der Waals surface area contributed by atoms with E-state index < -0.39 is 0 Å². The van der Waals surface area contributed by atoms with Crippen LogP contribution in [0.3, 0.4) is 0 Å². The molecule has 3 nitrogen and oxygen atoms in total. The van der Waals surface area contributed by atoms with Crippen LogP contribution in [0.15, 0.2) is 5.11 Å². The molecular formula is C27H47N3. The molecule has 0 aromatic heterocycles. The first-order chi connectivity index (χ1) is 14.3. The molecule has 0 spiro atoms. The zero-order valence-electron chi connectivity index (χ0n) is 20.4. The lowest BCUT2D eigenvalue weighted by Gasteiger charge is -2.61. The summed E-state index contributed by atoms with van der Waals surface area (Å²) in [5.41, 5.74) is 10.0. The summed E-state index contributed by atoms with van der Waals surface area (Å²) in [4.78, 5) is 3.13. The minimum Gasteiger partial charge on any atom is -0.0906 e. The molecule has 0 radical (unpaired) electrons. The molecule has 0 aromatic rings. The Hall–Kier alpha value is -0.690. The monoisotopic (exact) mass is 413 g/mol. The van der Waals surface area contributed by atoms with E-state index in [2.05, 4.69) is 44.6 Å². The number of fused-ring (bicyclic) bond motifs is 5. The van der Waals surface area contributed by atoms with E-state index >= 15 is 0 Å². The van der Waals surface area contributed by atoms with Gasteiger partial charge in [-0.15, -0.1) is 0 Å². The average Bonchev–Trinajstić information content (AvgIpc) is 3.05. The fourth-order valence-corrected chi connectivity index (χ4v) is 9.44. The van der Waals surface area contributed by atoms with Crippen molar-refractivity contribution in [2.75, 3.05) is 0 Å². The number of nitrogens with zero attached hydrogens (tertiary/aromatic N) is 3. The highest BCUT2D eigenvalue weighted by atomic mass is 15.1. The molecule has 2 unspecified atom stereocenters.